The van der Waals surface area contributed by atoms with Crippen molar-refractivity contribution in [2.45, 2.75) is 52.6 Å². The van der Waals surface area contributed by atoms with Crippen molar-refractivity contribution in [2.75, 3.05) is 23.7 Å². The molecule has 3 rings (SSSR count). The molecule has 10 heteroatoms. The second-order valence-corrected chi connectivity index (χ2v) is 13.6. The van der Waals surface area contributed by atoms with E-state index in [1.165, 1.54) is 4.31 Å². The molecule has 0 saturated heterocycles. The van der Waals surface area contributed by atoms with Gasteiger partial charge in [0.2, 0.25) is 21.8 Å². The molecule has 226 valence electrons. The summed E-state index contributed by atoms with van der Waals surface area (Å²) >= 11 is 12.3. The summed E-state index contributed by atoms with van der Waals surface area (Å²) in [5.74, 6) is -0.243. The van der Waals surface area contributed by atoms with E-state index in [4.69, 9.17) is 23.2 Å². The molecule has 0 aliphatic carbocycles. The Morgan fingerprint density at radius 1 is 0.905 bits per heavy atom. The van der Waals surface area contributed by atoms with E-state index in [0.717, 1.165) is 22.9 Å². The highest BCUT2D eigenvalue weighted by molar-refractivity contribution is 7.92. The van der Waals surface area contributed by atoms with Gasteiger partial charge in [0.25, 0.3) is 0 Å². The number of halogens is 2. The topological polar surface area (TPSA) is 86.8 Å². The molecule has 0 saturated carbocycles. The second kappa shape index (κ2) is 15.4. The van der Waals surface area contributed by atoms with E-state index in [-0.39, 0.29) is 43.7 Å². The van der Waals surface area contributed by atoms with Crippen molar-refractivity contribution in [1.82, 2.24) is 10.2 Å². The molecular weight excluding hydrogens is 593 g/mol. The third-order valence-corrected chi connectivity index (χ3v) is 8.48. The lowest BCUT2D eigenvalue weighted by Gasteiger charge is -2.32. The number of hydrogen-bond acceptors (Lipinski definition) is 4. The van der Waals surface area contributed by atoms with Gasteiger partial charge in [0.15, 0.2) is 0 Å². The maximum Gasteiger partial charge on any atom is 0.243 e. The number of sulfonamides is 1. The first kappa shape index (κ1) is 33.4. The molecule has 1 atom stereocenters. The summed E-state index contributed by atoms with van der Waals surface area (Å²) < 4.78 is 26.7. The Morgan fingerprint density at radius 2 is 1.55 bits per heavy atom. The quantitative estimate of drug-likeness (QED) is 0.227. The van der Waals surface area contributed by atoms with Crippen LogP contribution in [0.25, 0.3) is 0 Å². The van der Waals surface area contributed by atoms with Gasteiger partial charge in [-0.1, -0.05) is 85.6 Å². The average Bonchev–Trinajstić information content (AvgIpc) is 2.94. The number of carbonyl (C=O) groups excluding carboxylic acids is 2. The van der Waals surface area contributed by atoms with Crippen LogP contribution in [0, 0.1) is 12.8 Å². The fraction of sp³-hybridized carbons (Fsp3) is 0.375. The van der Waals surface area contributed by atoms with Crippen molar-refractivity contribution in [3.8, 4) is 0 Å². The SMILES string of the molecule is Cc1ccc(Cl)cc1N(CCCC(=O)N(Cc1ccc(Cl)cc1)[C@H](Cc1ccccc1)C(=O)NCC(C)C)S(C)(=O)=O. The van der Waals surface area contributed by atoms with E-state index in [1.54, 1.807) is 35.2 Å². The lowest BCUT2D eigenvalue weighted by Crippen LogP contribution is -2.51. The van der Waals surface area contributed by atoms with E-state index in [1.807, 2.05) is 63.2 Å². The van der Waals surface area contributed by atoms with Gasteiger partial charge in [0.1, 0.15) is 6.04 Å². The molecule has 0 bridgehead atoms. The molecule has 0 aliphatic heterocycles. The summed E-state index contributed by atoms with van der Waals surface area (Å²) in [5, 5.41) is 4.00. The lowest BCUT2D eigenvalue weighted by atomic mass is 10.0. The molecule has 7 nitrogen and oxygen atoms in total. The van der Waals surface area contributed by atoms with Gasteiger partial charge in [-0.15, -0.1) is 0 Å². The van der Waals surface area contributed by atoms with Crippen LogP contribution in [0.5, 0.6) is 0 Å². The van der Waals surface area contributed by atoms with Crippen LogP contribution in [0.1, 0.15) is 43.4 Å². The zero-order chi connectivity index (χ0) is 30.9. The zero-order valence-corrected chi connectivity index (χ0v) is 26.8. The Labute approximate surface area is 259 Å². The number of rotatable bonds is 14. The third kappa shape index (κ3) is 10.0. The van der Waals surface area contributed by atoms with Crippen molar-refractivity contribution in [3.63, 3.8) is 0 Å². The Balaban J connectivity index is 1.89. The van der Waals surface area contributed by atoms with Crippen molar-refractivity contribution in [2.24, 2.45) is 5.92 Å². The predicted molar refractivity (Wildman–Crippen MR) is 171 cm³/mol. The van der Waals surface area contributed by atoms with Gasteiger partial charge >= 0.3 is 0 Å². The van der Waals surface area contributed by atoms with Crippen molar-refractivity contribution in [1.29, 1.82) is 0 Å². The van der Waals surface area contributed by atoms with Gasteiger partial charge in [-0.3, -0.25) is 13.9 Å². The van der Waals surface area contributed by atoms with Gasteiger partial charge < -0.3 is 10.2 Å². The number of aryl methyl sites for hydroxylation is 1. The Hall–Kier alpha value is -3.07. The van der Waals surface area contributed by atoms with Gasteiger partial charge in [0, 0.05) is 42.5 Å². The smallest absolute Gasteiger partial charge is 0.243 e. The molecule has 0 aromatic heterocycles. The van der Waals surface area contributed by atoms with E-state index in [9.17, 15) is 18.0 Å². The maximum absolute atomic E-state index is 13.9. The molecule has 0 unspecified atom stereocenters. The van der Waals surface area contributed by atoms with Crippen molar-refractivity contribution < 1.29 is 18.0 Å². The molecule has 0 fully saturated rings. The monoisotopic (exact) mass is 631 g/mol. The first-order valence-corrected chi connectivity index (χ1v) is 16.5. The average molecular weight is 633 g/mol. The van der Waals surface area contributed by atoms with Gasteiger partial charge in [-0.25, -0.2) is 8.42 Å². The van der Waals surface area contributed by atoms with Crippen LogP contribution in [-0.4, -0.2) is 50.5 Å². The summed E-state index contributed by atoms with van der Waals surface area (Å²) in [5.41, 5.74) is 2.99. The highest BCUT2D eigenvalue weighted by Gasteiger charge is 2.30. The molecule has 3 aromatic carbocycles. The van der Waals surface area contributed by atoms with E-state index >= 15 is 0 Å². The first-order valence-electron chi connectivity index (χ1n) is 13.9. The highest BCUT2D eigenvalue weighted by atomic mass is 35.5. The van der Waals surface area contributed by atoms with E-state index in [0.29, 0.717) is 28.7 Å². The Morgan fingerprint density at radius 3 is 2.17 bits per heavy atom. The number of benzene rings is 3. The van der Waals surface area contributed by atoms with E-state index < -0.39 is 16.1 Å². The van der Waals surface area contributed by atoms with Gasteiger partial charge in [-0.2, -0.15) is 0 Å². The molecule has 0 aliphatic rings. The Bertz CT molecular complexity index is 1450. The van der Waals surface area contributed by atoms with Crippen LogP contribution in [-0.2, 0) is 32.6 Å². The molecule has 0 radical (unpaired) electrons. The van der Waals surface area contributed by atoms with E-state index in [2.05, 4.69) is 5.32 Å². The van der Waals surface area contributed by atoms with Crippen LogP contribution in [0.4, 0.5) is 5.69 Å². The third-order valence-electron chi connectivity index (χ3n) is 6.81. The maximum atomic E-state index is 13.9. The van der Waals surface area contributed by atoms with Crippen molar-refractivity contribution >= 4 is 50.7 Å². The van der Waals surface area contributed by atoms with Gasteiger partial charge in [0.05, 0.1) is 11.9 Å². The summed E-state index contributed by atoms with van der Waals surface area (Å²) in [6, 6.07) is 21.1. The van der Waals surface area contributed by atoms with Crippen LogP contribution >= 0.6 is 23.2 Å². The molecule has 42 heavy (non-hydrogen) atoms. The molecule has 3 aromatic rings. The Kier molecular flexibility index (Phi) is 12.3. The normalized spacial score (nSPS) is 12.2. The number of anilines is 1. The molecule has 2 amide bonds. The minimum absolute atomic E-state index is 0.0436. The predicted octanol–water partition coefficient (Wildman–Crippen LogP) is 6.26. The molecule has 1 N–H and O–H groups in total. The summed E-state index contributed by atoms with van der Waals surface area (Å²) in [6.07, 6.45) is 1.76. The highest BCUT2D eigenvalue weighted by Crippen LogP contribution is 2.27. The molecule has 0 heterocycles. The summed E-state index contributed by atoms with van der Waals surface area (Å²) in [4.78, 5) is 29.1. The minimum Gasteiger partial charge on any atom is -0.354 e. The van der Waals surface area contributed by atoms with Crippen LogP contribution in [0.2, 0.25) is 10.0 Å². The fourth-order valence-corrected chi connectivity index (χ4v) is 5.90. The van der Waals surface area contributed by atoms with Crippen molar-refractivity contribution in [3.05, 3.63) is 99.5 Å². The number of carbonyl (C=O) groups is 2. The first-order chi connectivity index (χ1) is 19.8. The molecular formula is C32H39Cl2N3O4S. The number of nitrogens with one attached hydrogen (secondary N) is 1. The molecule has 0 spiro atoms. The summed E-state index contributed by atoms with van der Waals surface area (Å²) in [7, 11) is -3.64. The van der Waals surface area contributed by atoms with Crippen LogP contribution in [0.15, 0.2) is 72.8 Å². The van der Waals surface area contributed by atoms with Crippen LogP contribution < -0.4 is 9.62 Å². The second-order valence-electron chi connectivity index (χ2n) is 10.9. The standard InChI is InChI=1S/C32H39Cl2N3O4S/c1-23(2)21-35-32(39)30(19-25-9-6-5-7-10-25)36(22-26-13-16-27(33)17-14-26)31(38)11-8-18-37(42(4,40)41)29-20-28(34)15-12-24(29)3/h5-7,9-10,12-17,20,23,30H,8,11,18-19,21-22H2,1-4H3,(H,35,39)/t30-/m1/s1. The number of nitrogens with zero attached hydrogens (tertiary/aromatic N) is 2. The van der Waals surface area contributed by atoms with Gasteiger partial charge in [-0.05, 0) is 60.2 Å². The largest absolute Gasteiger partial charge is 0.354 e. The van der Waals surface area contributed by atoms with Crippen LogP contribution in [0.3, 0.4) is 0 Å². The zero-order valence-electron chi connectivity index (χ0n) is 24.5. The number of hydrogen-bond donors (Lipinski definition) is 1. The number of amides is 2. The fourth-order valence-electron chi connectivity index (χ4n) is 4.60. The minimum atomic E-state index is -3.64. The summed E-state index contributed by atoms with van der Waals surface area (Å²) in [6.45, 7) is 6.61. The lowest BCUT2D eigenvalue weighted by molar-refractivity contribution is -0.141.